The van der Waals surface area contributed by atoms with E-state index in [-0.39, 0.29) is 0 Å². The Balaban J connectivity index is 2.08. The van der Waals surface area contributed by atoms with Crippen molar-refractivity contribution in [1.82, 2.24) is 9.97 Å². The number of ether oxygens (including phenoxy) is 1. The van der Waals surface area contributed by atoms with Crippen molar-refractivity contribution < 1.29 is 4.74 Å². The molecule has 0 radical (unpaired) electrons. The van der Waals surface area contributed by atoms with Gasteiger partial charge in [0.05, 0.1) is 12.0 Å². The molecule has 1 N–H and O–H groups in total. The van der Waals surface area contributed by atoms with Crippen LogP contribution in [0.25, 0.3) is 10.2 Å². The van der Waals surface area contributed by atoms with Gasteiger partial charge in [0.1, 0.15) is 10.6 Å². The molecule has 0 aliphatic carbocycles. The summed E-state index contributed by atoms with van der Waals surface area (Å²) in [6.07, 6.45) is 2.09. The molecule has 0 bridgehead atoms. The van der Waals surface area contributed by atoms with Crippen molar-refractivity contribution >= 4 is 33.3 Å². The Morgan fingerprint density at radius 2 is 2.25 bits per heavy atom. The van der Waals surface area contributed by atoms with Crippen LogP contribution in [0.2, 0.25) is 0 Å². The van der Waals surface area contributed by atoms with Gasteiger partial charge in [0.2, 0.25) is 5.95 Å². The highest BCUT2D eigenvalue weighted by atomic mass is 32.1. The molecule has 6 heteroatoms. The number of aromatic nitrogens is 2. The summed E-state index contributed by atoms with van der Waals surface area (Å²) in [5.41, 5.74) is 0. The lowest BCUT2D eigenvalue weighted by Crippen LogP contribution is -2.27. The SMILES string of the molecule is CCc1cc2c(N3CCCOCC3)nc(NC)nc2s1. The highest BCUT2D eigenvalue weighted by Gasteiger charge is 2.18. The van der Waals surface area contributed by atoms with Gasteiger partial charge in [0.15, 0.2) is 0 Å². The number of anilines is 2. The zero-order valence-corrected chi connectivity index (χ0v) is 12.8. The van der Waals surface area contributed by atoms with E-state index in [9.17, 15) is 0 Å². The first kappa shape index (κ1) is 13.6. The number of thiophene rings is 1. The first-order chi connectivity index (χ1) is 9.81. The summed E-state index contributed by atoms with van der Waals surface area (Å²) < 4.78 is 5.54. The molecule has 1 aliphatic rings. The maximum absolute atomic E-state index is 5.54. The molecule has 3 heterocycles. The van der Waals surface area contributed by atoms with Gasteiger partial charge < -0.3 is 15.0 Å². The van der Waals surface area contributed by atoms with Crippen LogP contribution < -0.4 is 10.2 Å². The number of nitrogens with one attached hydrogen (secondary N) is 1. The number of rotatable bonds is 3. The number of hydrogen-bond acceptors (Lipinski definition) is 6. The summed E-state index contributed by atoms with van der Waals surface area (Å²) in [6, 6.07) is 2.24. The molecule has 0 unspecified atom stereocenters. The topological polar surface area (TPSA) is 50.3 Å². The Labute approximate surface area is 123 Å². The van der Waals surface area contributed by atoms with Crippen molar-refractivity contribution in [3.63, 3.8) is 0 Å². The van der Waals surface area contributed by atoms with E-state index >= 15 is 0 Å². The fourth-order valence-corrected chi connectivity index (χ4v) is 3.40. The average Bonchev–Trinajstić information content (AvgIpc) is 2.71. The van der Waals surface area contributed by atoms with Crippen LogP contribution in [0.4, 0.5) is 11.8 Å². The summed E-state index contributed by atoms with van der Waals surface area (Å²) >= 11 is 1.76. The smallest absolute Gasteiger partial charge is 0.225 e. The van der Waals surface area contributed by atoms with Crippen molar-refractivity contribution in [1.29, 1.82) is 0 Å². The van der Waals surface area contributed by atoms with Gasteiger partial charge in [-0.2, -0.15) is 4.98 Å². The van der Waals surface area contributed by atoms with E-state index < -0.39 is 0 Å². The van der Waals surface area contributed by atoms with Gasteiger partial charge in [0.25, 0.3) is 0 Å². The highest BCUT2D eigenvalue weighted by Crippen LogP contribution is 2.32. The molecule has 0 saturated carbocycles. The summed E-state index contributed by atoms with van der Waals surface area (Å²) in [4.78, 5) is 14.0. The second kappa shape index (κ2) is 5.93. The van der Waals surface area contributed by atoms with Gasteiger partial charge in [-0.3, -0.25) is 0 Å². The van der Waals surface area contributed by atoms with E-state index in [1.54, 1.807) is 11.3 Å². The number of nitrogens with zero attached hydrogens (tertiary/aromatic N) is 3. The summed E-state index contributed by atoms with van der Waals surface area (Å²) in [5.74, 6) is 1.74. The minimum Gasteiger partial charge on any atom is -0.380 e. The first-order valence-electron chi connectivity index (χ1n) is 7.12. The molecule has 0 atom stereocenters. The molecule has 1 aliphatic heterocycles. The van der Waals surface area contributed by atoms with Crippen LogP contribution in [-0.2, 0) is 11.2 Å². The third kappa shape index (κ3) is 2.58. The van der Waals surface area contributed by atoms with Gasteiger partial charge in [-0.05, 0) is 18.9 Å². The first-order valence-corrected chi connectivity index (χ1v) is 7.94. The van der Waals surface area contributed by atoms with E-state index in [0.29, 0.717) is 5.95 Å². The molecule has 1 fully saturated rings. The van der Waals surface area contributed by atoms with Crippen LogP contribution in [0.1, 0.15) is 18.2 Å². The van der Waals surface area contributed by atoms with E-state index in [1.807, 2.05) is 7.05 Å². The van der Waals surface area contributed by atoms with Crippen LogP contribution in [0.3, 0.4) is 0 Å². The quantitative estimate of drug-likeness (QED) is 0.942. The predicted octanol–water partition coefficient (Wildman–Crippen LogP) is 2.52. The Morgan fingerprint density at radius 1 is 1.35 bits per heavy atom. The molecule has 2 aromatic heterocycles. The summed E-state index contributed by atoms with van der Waals surface area (Å²) in [5, 5.41) is 4.24. The van der Waals surface area contributed by atoms with Gasteiger partial charge in [-0.25, -0.2) is 4.98 Å². The summed E-state index contributed by atoms with van der Waals surface area (Å²) in [7, 11) is 1.87. The minimum atomic E-state index is 0.696. The van der Waals surface area contributed by atoms with Crippen molar-refractivity contribution in [2.45, 2.75) is 19.8 Å². The maximum atomic E-state index is 5.54. The van der Waals surface area contributed by atoms with E-state index in [4.69, 9.17) is 4.74 Å². The van der Waals surface area contributed by atoms with Crippen LogP contribution in [0.15, 0.2) is 6.07 Å². The molecule has 3 rings (SSSR count). The normalized spacial score (nSPS) is 16.4. The molecule has 2 aromatic rings. The molecule has 0 amide bonds. The number of fused-ring (bicyclic) bond motifs is 1. The van der Waals surface area contributed by atoms with Crippen LogP contribution in [0.5, 0.6) is 0 Å². The standard InChI is InChI=1S/C14H20N4OS/c1-3-10-9-11-12(18-5-4-7-19-8-6-18)16-14(15-2)17-13(11)20-10/h9H,3-8H2,1-2H3,(H,15,16,17). The van der Waals surface area contributed by atoms with Gasteiger partial charge in [-0.1, -0.05) is 6.92 Å². The van der Waals surface area contributed by atoms with Crippen LogP contribution in [0, 0.1) is 0 Å². The van der Waals surface area contributed by atoms with Crippen molar-refractivity contribution in [3.05, 3.63) is 10.9 Å². The fraction of sp³-hybridized carbons (Fsp3) is 0.571. The Hall–Kier alpha value is -1.40. The zero-order chi connectivity index (χ0) is 13.9. The van der Waals surface area contributed by atoms with Crippen molar-refractivity contribution in [2.75, 3.05) is 43.6 Å². The molecule has 5 nitrogen and oxygen atoms in total. The van der Waals surface area contributed by atoms with Crippen molar-refractivity contribution in [3.8, 4) is 0 Å². The lowest BCUT2D eigenvalue weighted by Gasteiger charge is -2.21. The highest BCUT2D eigenvalue weighted by molar-refractivity contribution is 7.18. The van der Waals surface area contributed by atoms with Gasteiger partial charge >= 0.3 is 0 Å². The third-order valence-electron chi connectivity index (χ3n) is 3.52. The van der Waals surface area contributed by atoms with Gasteiger partial charge in [0, 0.05) is 31.6 Å². The monoisotopic (exact) mass is 292 g/mol. The van der Waals surface area contributed by atoms with E-state index in [1.165, 1.54) is 10.3 Å². The molecular formula is C14H20N4OS. The average molecular weight is 292 g/mol. The molecule has 1 saturated heterocycles. The third-order valence-corrected chi connectivity index (χ3v) is 4.69. The van der Waals surface area contributed by atoms with Crippen LogP contribution >= 0.6 is 11.3 Å². The lowest BCUT2D eigenvalue weighted by atomic mass is 10.3. The van der Waals surface area contributed by atoms with E-state index in [0.717, 1.165) is 49.8 Å². The largest absolute Gasteiger partial charge is 0.380 e. The Morgan fingerprint density at radius 3 is 3.05 bits per heavy atom. The summed E-state index contributed by atoms with van der Waals surface area (Å²) in [6.45, 7) is 5.67. The Kier molecular flexibility index (Phi) is 4.03. The second-order valence-electron chi connectivity index (χ2n) is 4.86. The zero-order valence-electron chi connectivity index (χ0n) is 12.0. The minimum absolute atomic E-state index is 0.696. The molecular weight excluding hydrogens is 272 g/mol. The van der Waals surface area contributed by atoms with Crippen LogP contribution in [-0.4, -0.2) is 43.3 Å². The number of hydrogen-bond donors (Lipinski definition) is 1. The molecule has 20 heavy (non-hydrogen) atoms. The molecule has 108 valence electrons. The Bertz CT molecular complexity index is 590. The number of aryl methyl sites for hydroxylation is 1. The van der Waals surface area contributed by atoms with Gasteiger partial charge in [-0.15, -0.1) is 11.3 Å². The molecule has 0 spiro atoms. The fourth-order valence-electron chi connectivity index (χ4n) is 2.44. The van der Waals surface area contributed by atoms with Crippen molar-refractivity contribution in [2.24, 2.45) is 0 Å². The lowest BCUT2D eigenvalue weighted by molar-refractivity contribution is 0.152. The molecule has 0 aromatic carbocycles. The van der Waals surface area contributed by atoms with E-state index in [2.05, 4.69) is 33.2 Å². The predicted molar refractivity (Wildman–Crippen MR) is 84.0 cm³/mol. The maximum Gasteiger partial charge on any atom is 0.225 e. The second-order valence-corrected chi connectivity index (χ2v) is 5.97.